The molecular weight excluding hydrogens is 162 g/mol. The average Bonchev–Trinajstić information content (AvgIpc) is 2.05. The Labute approximate surface area is 71.1 Å². The molecule has 0 N–H and O–H groups in total. The van der Waals surface area contributed by atoms with Crippen molar-refractivity contribution in [2.75, 3.05) is 0 Å². The molecule has 0 bridgehead atoms. The summed E-state index contributed by atoms with van der Waals surface area (Å²) in [6.07, 6.45) is 3.25. The van der Waals surface area contributed by atoms with Crippen LogP contribution < -0.4 is 0 Å². The Bertz CT molecular complexity index is 189. The first-order valence-electron chi connectivity index (χ1n) is 3.83. The van der Waals surface area contributed by atoms with Crippen LogP contribution in [0.2, 0.25) is 0 Å². The lowest BCUT2D eigenvalue weighted by Crippen LogP contribution is -2.17. The number of carbonyl (C=O) groups excluding carboxylic acids is 1. The summed E-state index contributed by atoms with van der Waals surface area (Å²) in [7, 11) is 0. The minimum Gasteiger partial charge on any atom is -0.281 e. The van der Waals surface area contributed by atoms with Gasteiger partial charge in [0.15, 0.2) is 0 Å². The summed E-state index contributed by atoms with van der Waals surface area (Å²) < 4.78 is 0. The Kier molecular flexibility index (Phi) is 2.90. The van der Waals surface area contributed by atoms with E-state index in [0.717, 1.165) is 25.7 Å². The number of hydrogen-bond donors (Lipinski definition) is 0. The van der Waals surface area contributed by atoms with E-state index >= 15 is 0 Å². The third-order valence-corrected chi connectivity index (χ3v) is 2.54. The van der Waals surface area contributed by atoms with Gasteiger partial charge >= 0.3 is 0 Å². The van der Waals surface area contributed by atoms with Crippen molar-refractivity contribution >= 4 is 16.8 Å². The molecule has 1 fully saturated rings. The summed E-state index contributed by atoms with van der Waals surface area (Å²) in [5.74, 6) is 0.170. The molecule has 0 heterocycles. The number of nitriles is 1. The van der Waals surface area contributed by atoms with E-state index in [1.807, 2.05) is 0 Å². The first-order valence-corrected chi connectivity index (χ1v) is 4.21. The van der Waals surface area contributed by atoms with E-state index in [2.05, 4.69) is 6.07 Å². The van der Waals surface area contributed by atoms with Crippen molar-refractivity contribution in [3.8, 4) is 6.07 Å². The predicted octanol–water partition coefficient (Wildman–Crippen LogP) is 2.08. The zero-order chi connectivity index (χ0) is 8.27. The Morgan fingerprint density at radius 3 is 2.27 bits per heavy atom. The molecule has 0 spiro atoms. The van der Waals surface area contributed by atoms with Crippen LogP contribution in [0, 0.1) is 23.2 Å². The van der Waals surface area contributed by atoms with Crippen LogP contribution in [0.15, 0.2) is 0 Å². The van der Waals surface area contributed by atoms with E-state index in [4.69, 9.17) is 16.9 Å². The Balaban J connectivity index is 2.37. The number of rotatable bonds is 1. The summed E-state index contributed by atoms with van der Waals surface area (Å²) in [6.45, 7) is 0. The summed E-state index contributed by atoms with van der Waals surface area (Å²) in [4.78, 5) is 10.7. The molecule has 2 nitrogen and oxygen atoms in total. The lowest BCUT2D eigenvalue weighted by Gasteiger charge is -2.21. The zero-order valence-corrected chi connectivity index (χ0v) is 6.97. The van der Waals surface area contributed by atoms with Crippen LogP contribution in [0.3, 0.4) is 0 Å². The highest BCUT2D eigenvalue weighted by Crippen LogP contribution is 2.29. The van der Waals surface area contributed by atoms with Gasteiger partial charge in [-0.25, -0.2) is 0 Å². The molecule has 1 rings (SSSR count). The lowest BCUT2D eigenvalue weighted by molar-refractivity contribution is -0.116. The van der Waals surface area contributed by atoms with Gasteiger partial charge in [-0.3, -0.25) is 4.79 Å². The van der Waals surface area contributed by atoms with Crippen molar-refractivity contribution < 1.29 is 4.79 Å². The van der Waals surface area contributed by atoms with Crippen LogP contribution in [0.1, 0.15) is 25.7 Å². The molecule has 1 aliphatic carbocycles. The van der Waals surface area contributed by atoms with Crippen molar-refractivity contribution in [2.45, 2.75) is 25.7 Å². The monoisotopic (exact) mass is 171 g/mol. The van der Waals surface area contributed by atoms with Crippen molar-refractivity contribution in [3.63, 3.8) is 0 Å². The third kappa shape index (κ3) is 2.20. The first-order chi connectivity index (χ1) is 5.24. The van der Waals surface area contributed by atoms with Gasteiger partial charge in [0.2, 0.25) is 5.24 Å². The van der Waals surface area contributed by atoms with Crippen LogP contribution >= 0.6 is 11.6 Å². The molecule has 0 atom stereocenters. The maximum absolute atomic E-state index is 10.7. The summed E-state index contributed by atoms with van der Waals surface area (Å²) in [5, 5.41) is 8.31. The second-order valence-electron chi connectivity index (χ2n) is 2.98. The zero-order valence-electron chi connectivity index (χ0n) is 6.22. The largest absolute Gasteiger partial charge is 0.281 e. The van der Waals surface area contributed by atoms with Crippen LogP contribution in [0.25, 0.3) is 0 Å². The van der Waals surface area contributed by atoms with E-state index in [9.17, 15) is 4.79 Å². The minimum atomic E-state index is -0.235. The molecule has 1 saturated carbocycles. The van der Waals surface area contributed by atoms with Crippen molar-refractivity contribution in [3.05, 3.63) is 0 Å². The van der Waals surface area contributed by atoms with Crippen LogP contribution in [0.5, 0.6) is 0 Å². The molecule has 0 amide bonds. The van der Waals surface area contributed by atoms with Crippen molar-refractivity contribution in [1.82, 2.24) is 0 Å². The second kappa shape index (κ2) is 3.73. The average molecular weight is 172 g/mol. The van der Waals surface area contributed by atoms with E-state index < -0.39 is 0 Å². The highest BCUT2D eigenvalue weighted by Gasteiger charge is 2.24. The molecule has 0 radical (unpaired) electrons. The van der Waals surface area contributed by atoms with Gasteiger partial charge in [-0.2, -0.15) is 5.26 Å². The van der Waals surface area contributed by atoms with E-state index in [0.29, 0.717) is 0 Å². The van der Waals surface area contributed by atoms with Gasteiger partial charge in [-0.05, 0) is 37.3 Å². The Hall–Kier alpha value is -0.550. The molecular formula is C8H10ClNO. The van der Waals surface area contributed by atoms with Crippen LogP contribution in [-0.4, -0.2) is 5.24 Å². The van der Waals surface area contributed by atoms with Gasteiger partial charge < -0.3 is 0 Å². The van der Waals surface area contributed by atoms with Gasteiger partial charge in [-0.1, -0.05) is 0 Å². The fourth-order valence-corrected chi connectivity index (χ4v) is 1.67. The van der Waals surface area contributed by atoms with E-state index in [1.54, 1.807) is 0 Å². The highest BCUT2D eigenvalue weighted by molar-refractivity contribution is 6.63. The van der Waals surface area contributed by atoms with E-state index in [-0.39, 0.29) is 17.1 Å². The van der Waals surface area contributed by atoms with Crippen LogP contribution in [-0.2, 0) is 4.79 Å². The molecule has 0 aromatic heterocycles. The predicted molar refractivity (Wildman–Crippen MR) is 41.9 cm³/mol. The summed E-state index contributed by atoms with van der Waals surface area (Å²) in [6, 6.07) is 2.21. The van der Waals surface area contributed by atoms with E-state index in [1.165, 1.54) is 0 Å². The highest BCUT2D eigenvalue weighted by atomic mass is 35.5. The minimum absolute atomic E-state index is 0.0151. The van der Waals surface area contributed by atoms with Gasteiger partial charge in [0, 0.05) is 11.8 Å². The number of halogens is 1. The van der Waals surface area contributed by atoms with Gasteiger partial charge in [-0.15, -0.1) is 0 Å². The molecule has 0 aromatic rings. The number of hydrogen-bond acceptors (Lipinski definition) is 2. The van der Waals surface area contributed by atoms with Gasteiger partial charge in [0.05, 0.1) is 6.07 Å². The molecule has 0 unspecified atom stereocenters. The molecule has 3 heteroatoms. The molecule has 11 heavy (non-hydrogen) atoms. The summed E-state index contributed by atoms with van der Waals surface area (Å²) >= 11 is 5.33. The van der Waals surface area contributed by atoms with Crippen molar-refractivity contribution in [2.24, 2.45) is 11.8 Å². The Morgan fingerprint density at radius 1 is 1.36 bits per heavy atom. The summed E-state index contributed by atoms with van der Waals surface area (Å²) in [5.41, 5.74) is 0. The fourth-order valence-electron chi connectivity index (χ4n) is 1.45. The van der Waals surface area contributed by atoms with Crippen LogP contribution in [0.4, 0.5) is 0 Å². The normalized spacial score (nSPS) is 30.9. The maximum atomic E-state index is 10.7. The smallest absolute Gasteiger partial charge is 0.224 e. The Morgan fingerprint density at radius 2 is 1.91 bits per heavy atom. The quantitative estimate of drug-likeness (QED) is 0.567. The van der Waals surface area contributed by atoms with Gasteiger partial charge in [0.25, 0.3) is 0 Å². The molecule has 0 aromatic carbocycles. The van der Waals surface area contributed by atoms with Gasteiger partial charge in [0.1, 0.15) is 0 Å². The third-order valence-electron chi connectivity index (χ3n) is 2.23. The maximum Gasteiger partial charge on any atom is 0.224 e. The fraction of sp³-hybridized carbons (Fsp3) is 0.750. The topological polar surface area (TPSA) is 40.9 Å². The molecule has 1 aliphatic rings. The molecule has 0 aliphatic heterocycles. The molecule has 60 valence electrons. The van der Waals surface area contributed by atoms with Crippen molar-refractivity contribution in [1.29, 1.82) is 5.26 Å². The first kappa shape index (κ1) is 8.55. The lowest BCUT2D eigenvalue weighted by atomic mass is 9.83. The molecule has 0 saturated heterocycles. The second-order valence-corrected chi connectivity index (χ2v) is 3.35. The standard InChI is InChI=1S/C8H10ClNO/c9-8(11)7-3-1-6(5-10)2-4-7/h6-7H,1-4H2/t6-,7-. The number of carbonyl (C=O) groups is 1. The number of nitrogens with zero attached hydrogens (tertiary/aromatic N) is 1. The SMILES string of the molecule is N#C[C@H]1CC[C@H](C(=O)Cl)CC1.